The van der Waals surface area contributed by atoms with Crippen LogP contribution in [0, 0.1) is 5.92 Å². The van der Waals surface area contributed by atoms with Gasteiger partial charge in [0.15, 0.2) is 0 Å². The van der Waals surface area contributed by atoms with Crippen molar-refractivity contribution in [2.75, 3.05) is 6.61 Å². The summed E-state index contributed by atoms with van der Waals surface area (Å²) in [5.74, 6) is 0.117. The van der Waals surface area contributed by atoms with E-state index in [1.807, 2.05) is 0 Å². The molecule has 16 heavy (non-hydrogen) atoms. The van der Waals surface area contributed by atoms with Crippen LogP contribution in [0.1, 0.15) is 46.0 Å². The summed E-state index contributed by atoms with van der Waals surface area (Å²) >= 11 is 0. The molecule has 0 aromatic heterocycles. The van der Waals surface area contributed by atoms with E-state index in [-0.39, 0.29) is 17.9 Å². The van der Waals surface area contributed by atoms with Crippen LogP contribution in [0.5, 0.6) is 0 Å². The Bertz CT molecular complexity index is 247. The summed E-state index contributed by atoms with van der Waals surface area (Å²) in [5, 5.41) is 2.89. The minimum absolute atomic E-state index is 0.0123. The lowest BCUT2D eigenvalue weighted by Gasteiger charge is -2.30. The van der Waals surface area contributed by atoms with E-state index in [1.54, 1.807) is 0 Å². The van der Waals surface area contributed by atoms with Crippen molar-refractivity contribution in [1.29, 1.82) is 0 Å². The van der Waals surface area contributed by atoms with Gasteiger partial charge < -0.3 is 10.1 Å². The first-order chi connectivity index (χ1) is 7.59. The number of hydrogen-bond acceptors (Lipinski definition) is 3. The average molecular weight is 227 g/mol. The van der Waals surface area contributed by atoms with Crippen molar-refractivity contribution in [1.82, 2.24) is 5.32 Å². The summed E-state index contributed by atoms with van der Waals surface area (Å²) in [5.41, 5.74) is 0. The topological polar surface area (TPSA) is 55.4 Å². The first-order valence-corrected chi connectivity index (χ1v) is 6.00. The van der Waals surface area contributed by atoms with E-state index < -0.39 is 0 Å². The Morgan fingerprint density at radius 1 is 1.25 bits per heavy atom. The molecule has 1 N–H and O–H groups in total. The van der Waals surface area contributed by atoms with Gasteiger partial charge in [0.2, 0.25) is 5.91 Å². The molecule has 0 aliphatic heterocycles. The minimum Gasteiger partial charge on any atom is -0.464 e. The Kier molecular flexibility index (Phi) is 5.29. The van der Waals surface area contributed by atoms with E-state index in [0.29, 0.717) is 12.5 Å². The lowest BCUT2D eigenvalue weighted by atomic mass is 9.84. The Labute approximate surface area is 96.7 Å². The van der Waals surface area contributed by atoms with Crippen molar-refractivity contribution in [3.05, 3.63) is 0 Å². The Morgan fingerprint density at radius 3 is 2.38 bits per heavy atom. The number of ether oxygens (including phenoxy) is 1. The molecule has 1 atom stereocenters. The Morgan fingerprint density at radius 2 is 1.88 bits per heavy atom. The van der Waals surface area contributed by atoms with Crippen LogP contribution < -0.4 is 5.32 Å². The summed E-state index contributed by atoms with van der Waals surface area (Å²) in [4.78, 5) is 21.9. The number of carbonyl (C=O) groups is 2. The molecule has 0 aromatic carbocycles. The molecule has 0 aromatic rings. The molecule has 1 fully saturated rings. The second kappa shape index (κ2) is 6.51. The first kappa shape index (κ1) is 13.0. The summed E-state index contributed by atoms with van der Waals surface area (Å²) in [7, 11) is 0. The molecule has 0 heterocycles. The van der Waals surface area contributed by atoms with Crippen molar-refractivity contribution in [2.45, 2.75) is 52.0 Å². The number of carbonyl (C=O) groups excluding carboxylic acids is 2. The van der Waals surface area contributed by atoms with Crippen LogP contribution >= 0.6 is 0 Å². The van der Waals surface area contributed by atoms with E-state index >= 15 is 0 Å². The van der Waals surface area contributed by atoms with Gasteiger partial charge in [0.25, 0.3) is 0 Å². The average Bonchev–Trinajstić information content (AvgIpc) is 2.25. The van der Waals surface area contributed by atoms with Gasteiger partial charge in [0.05, 0.1) is 6.04 Å². The second-order valence-corrected chi connectivity index (χ2v) is 4.51. The van der Waals surface area contributed by atoms with Crippen molar-refractivity contribution in [2.24, 2.45) is 5.92 Å². The summed E-state index contributed by atoms with van der Waals surface area (Å²) in [6, 6.07) is -0.0123. The maximum absolute atomic E-state index is 11.1. The van der Waals surface area contributed by atoms with Crippen molar-refractivity contribution in [3.8, 4) is 0 Å². The normalized spacial score (nSPS) is 18.9. The van der Waals surface area contributed by atoms with E-state index in [2.05, 4.69) is 5.32 Å². The molecule has 1 rings (SSSR count). The summed E-state index contributed by atoms with van der Waals surface area (Å²) < 4.78 is 5.00. The third-order valence-corrected chi connectivity index (χ3v) is 3.07. The second-order valence-electron chi connectivity index (χ2n) is 4.51. The number of rotatable bonds is 4. The van der Waals surface area contributed by atoms with Crippen LogP contribution in [0.2, 0.25) is 0 Å². The molecule has 4 heteroatoms. The van der Waals surface area contributed by atoms with E-state index in [4.69, 9.17) is 4.74 Å². The van der Waals surface area contributed by atoms with Crippen LogP contribution in [0.3, 0.4) is 0 Å². The van der Waals surface area contributed by atoms with Gasteiger partial charge in [-0.3, -0.25) is 9.59 Å². The Balaban J connectivity index is 2.47. The maximum Gasteiger partial charge on any atom is 0.302 e. The molecule has 0 radical (unpaired) electrons. The standard InChI is InChI=1S/C12H21NO3/c1-9(14)13-12(8-16-10(2)15)11-6-4-3-5-7-11/h11-12H,3-8H2,1-2H3,(H,13,14)/t12-/m0/s1. The van der Waals surface area contributed by atoms with Gasteiger partial charge in [-0.2, -0.15) is 0 Å². The van der Waals surface area contributed by atoms with Gasteiger partial charge in [-0.25, -0.2) is 0 Å². The zero-order valence-electron chi connectivity index (χ0n) is 10.1. The van der Waals surface area contributed by atoms with Gasteiger partial charge in [0, 0.05) is 13.8 Å². The predicted molar refractivity (Wildman–Crippen MR) is 60.8 cm³/mol. The molecule has 0 bridgehead atoms. The maximum atomic E-state index is 11.1. The molecule has 0 unspecified atom stereocenters. The number of hydrogen-bond donors (Lipinski definition) is 1. The molecular formula is C12H21NO3. The summed E-state index contributed by atoms with van der Waals surface area (Å²) in [6.45, 7) is 3.20. The fraction of sp³-hybridized carbons (Fsp3) is 0.833. The number of amides is 1. The predicted octanol–water partition coefficient (Wildman–Crippen LogP) is 1.63. The molecule has 4 nitrogen and oxygen atoms in total. The van der Waals surface area contributed by atoms with Gasteiger partial charge in [-0.1, -0.05) is 19.3 Å². The smallest absolute Gasteiger partial charge is 0.302 e. The lowest BCUT2D eigenvalue weighted by molar-refractivity contribution is -0.143. The third-order valence-electron chi connectivity index (χ3n) is 3.07. The Hall–Kier alpha value is -1.06. The van der Waals surface area contributed by atoms with Crippen LogP contribution in [0.4, 0.5) is 0 Å². The third kappa shape index (κ3) is 4.64. The molecule has 92 valence electrons. The quantitative estimate of drug-likeness (QED) is 0.743. The monoisotopic (exact) mass is 227 g/mol. The van der Waals surface area contributed by atoms with Gasteiger partial charge >= 0.3 is 5.97 Å². The van der Waals surface area contributed by atoms with Gasteiger partial charge in [0.1, 0.15) is 6.61 Å². The number of nitrogens with one attached hydrogen (secondary N) is 1. The van der Waals surface area contributed by atoms with Crippen LogP contribution in [-0.2, 0) is 14.3 Å². The molecule has 1 aliphatic carbocycles. The zero-order chi connectivity index (χ0) is 12.0. The van der Waals surface area contributed by atoms with Crippen molar-refractivity contribution < 1.29 is 14.3 Å². The highest BCUT2D eigenvalue weighted by molar-refractivity contribution is 5.73. The van der Waals surface area contributed by atoms with Crippen LogP contribution in [0.25, 0.3) is 0 Å². The fourth-order valence-corrected chi connectivity index (χ4v) is 2.30. The number of esters is 1. The first-order valence-electron chi connectivity index (χ1n) is 6.00. The van der Waals surface area contributed by atoms with Crippen molar-refractivity contribution >= 4 is 11.9 Å². The fourth-order valence-electron chi connectivity index (χ4n) is 2.30. The van der Waals surface area contributed by atoms with Gasteiger partial charge in [-0.15, -0.1) is 0 Å². The highest BCUT2D eigenvalue weighted by Crippen LogP contribution is 2.26. The molecule has 1 amide bonds. The van der Waals surface area contributed by atoms with Crippen LogP contribution in [0.15, 0.2) is 0 Å². The highest BCUT2D eigenvalue weighted by Gasteiger charge is 2.25. The van der Waals surface area contributed by atoms with E-state index in [9.17, 15) is 9.59 Å². The van der Waals surface area contributed by atoms with Gasteiger partial charge in [-0.05, 0) is 18.8 Å². The minimum atomic E-state index is -0.286. The van der Waals surface area contributed by atoms with E-state index in [1.165, 1.54) is 33.1 Å². The van der Waals surface area contributed by atoms with Crippen molar-refractivity contribution in [3.63, 3.8) is 0 Å². The molecular weight excluding hydrogens is 206 g/mol. The molecule has 1 aliphatic rings. The molecule has 0 saturated heterocycles. The summed E-state index contributed by atoms with van der Waals surface area (Å²) in [6.07, 6.45) is 5.93. The lowest BCUT2D eigenvalue weighted by Crippen LogP contribution is -2.43. The SMILES string of the molecule is CC(=O)N[C@@H](COC(C)=O)C1CCCCC1. The largest absolute Gasteiger partial charge is 0.464 e. The highest BCUT2D eigenvalue weighted by atomic mass is 16.5. The van der Waals surface area contributed by atoms with E-state index in [0.717, 1.165) is 12.8 Å². The zero-order valence-corrected chi connectivity index (χ0v) is 10.1. The van der Waals surface area contributed by atoms with Crippen LogP contribution in [-0.4, -0.2) is 24.5 Å². The molecule has 0 spiro atoms. The molecule has 1 saturated carbocycles.